The first-order valence-electron chi connectivity index (χ1n) is 10.5. The summed E-state index contributed by atoms with van der Waals surface area (Å²) in [7, 11) is 0. The molecular weight excluding hydrogens is 426 g/mol. The second kappa shape index (κ2) is 9.01. The van der Waals surface area contributed by atoms with Crippen molar-refractivity contribution in [3.8, 4) is 10.7 Å². The van der Waals surface area contributed by atoms with Crippen LogP contribution in [0.15, 0.2) is 46.3 Å². The number of anilines is 1. The molecule has 1 aliphatic rings. The van der Waals surface area contributed by atoms with Crippen molar-refractivity contribution in [3.05, 3.63) is 53.5 Å². The van der Waals surface area contributed by atoms with Gasteiger partial charge >= 0.3 is 0 Å². The Morgan fingerprint density at radius 3 is 2.72 bits per heavy atom. The number of nitrogen functional groups attached to an aromatic ring is 1. The van der Waals surface area contributed by atoms with Crippen molar-refractivity contribution in [1.29, 1.82) is 0 Å². The molecule has 1 aromatic carbocycles. The Balaban J connectivity index is 1.12. The molecule has 9 nitrogen and oxygen atoms in total. The molecule has 2 N–H and O–H groups in total. The van der Waals surface area contributed by atoms with Crippen LogP contribution in [0.25, 0.3) is 21.6 Å². The monoisotopic (exact) mass is 449 g/mol. The van der Waals surface area contributed by atoms with Crippen LogP contribution >= 0.6 is 11.3 Å². The topological polar surface area (TPSA) is 114 Å². The minimum atomic E-state index is 0.103. The summed E-state index contributed by atoms with van der Waals surface area (Å²) >= 11 is 1.56. The summed E-state index contributed by atoms with van der Waals surface area (Å²) in [4.78, 5) is 31.2. The van der Waals surface area contributed by atoms with E-state index in [1.165, 1.54) is 0 Å². The van der Waals surface area contributed by atoms with Crippen molar-refractivity contribution in [1.82, 2.24) is 29.9 Å². The number of rotatable bonds is 6. The second-order valence-electron chi connectivity index (χ2n) is 7.69. The lowest BCUT2D eigenvalue weighted by Gasteiger charge is -2.34. The highest BCUT2D eigenvalue weighted by molar-refractivity contribution is 7.13. The second-order valence-corrected chi connectivity index (χ2v) is 8.64. The molecule has 32 heavy (non-hydrogen) atoms. The van der Waals surface area contributed by atoms with Crippen molar-refractivity contribution in [2.75, 3.05) is 31.9 Å². The molecule has 0 saturated carbocycles. The minimum Gasteiger partial charge on any atom is -0.383 e. The number of benzene rings is 1. The zero-order valence-electron chi connectivity index (χ0n) is 17.5. The number of aryl methyl sites for hydroxylation is 1. The van der Waals surface area contributed by atoms with Gasteiger partial charge in [-0.1, -0.05) is 23.4 Å². The quantitative estimate of drug-likeness (QED) is 0.478. The fraction of sp³-hybridized carbons (Fsp3) is 0.318. The molecule has 1 fully saturated rings. The molecule has 0 spiro atoms. The average Bonchev–Trinajstić information content (AvgIpc) is 3.50. The number of fused-ring (bicyclic) bond motifs is 1. The van der Waals surface area contributed by atoms with E-state index in [9.17, 15) is 4.79 Å². The number of carbonyl (C=O) groups excluding carboxylic acids is 1. The van der Waals surface area contributed by atoms with Crippen molar-refractivity contribution in [2.45, 2.75) is 19.4 Å². The standard InChI is InChI=1S/C22H23N7O2S/c23-21-15-4-1-2-5-16(15)24-18(25-21)14-28-9-11-29(12-10-28)20(30)8-7-19-26-22(27-31-19)17-6-3-13-32-17/h1-6,13H,7-12,14H2,(H2,23,24,25). The van der Waals surface area contributed by atoms with Gasteiger partial charge < -0.3 is 15.2 Å². The summed E-state index contributed by atoms with van der Waals surface area (Å²) in [6, 6.07) is 11.6. The Morgan fingerprint density at radius 1 is 1.06 bits per heavy atom. The Labute approximate surface area is 188 Å². The molecule has 10 heteroatoms. The van der Waals surface area contributed by atoms with Gasteiger partial charge in [-0.05, 0) is 23.6 Å². The maximum Gasteiger partial charge on any atom is 0.227 e. The lowest BCUT2D eigenvalue weighted by Crippen LogP contribution is -2.48. The maximum atomic E-state index is 12.6. The Kier molecular flexibility index (Phi) is 5.78. The largest absolute Gasteiger partial charge is 0.383 e. The minimum absolute atomic E-state index is 0.103. The van der Waals surface area contributed by atoms with Crippen LogP contribution in [0.2, 0.25) is 0 Å². The van der Waals surface area contributed by atoms with Gasteiger partial charge in [0.25, 0.3) is 0 Å². The van der Waals surface area contributed by atoms with E-state index in [0.717, 1.165) is 28.9 Å². The van der Waals surface area contributed by atoms with Crippen molar-refractivity contribution >= 4 is 34.0 Å². The van der Waals surface area contributed by atoms with Gasteiger partial charge in [-0.15, -0.1) is 11.3 Å². The molecule has 1 aliphatic heterocycles. The van der Waals surface area contributed by atoms with Crippen LogP contribution in [0, 0.1) is 0 Å². The van der Waals surface area contributed by atoms with Gasteiger partial charge in [0.05, 0.1) is 16.9 Å². The van der Waals surface area contributed by atoms with Crippen LogP contribution in [0.3, 0.4) is 0 Å². The van der Waals surface area contributed by atoms with Crippen LogP contribution in [-0.2, 0) is 17.8 Å². The van der Waals surface area contributed by atoms with Crippen LogP contribution < -0.4 is 5.73 Å². The van der Waals surface area contributed by atoms with E-state index in [0.29, 0.717) is 55.8 Å². The van der Waals surface area contributed by atoms with Crippen LogP contribution in [-0.4, -0.2) is 62.0 Å². The van der Waals surface area contributed by atoms with Crippen LogP contribution in [0.1, 0.15) is 18.1 Å². The molecule has 1 saturated heterocycles. The van der Waals surface area contributed by atoms with Gasteiger partial charge in [-0.2, -0.15) is 4.98 Å². The number of piperazine rings is 1. The SMILES string of the molecule is Nc1nc(CN2CCN(C(=O)CCc3nc(-c4cccs4)no3)CC2)nc2ccccc12. The summed E-state index contributed by atoms with van der Waals surface area (Å²) in [5.41, 5.74) is 6.95. The van der Waals surface area contributed by atoms with Crippen LogP contribution in [0.5, 0.6) is 0 Å². The molecule has 0 bridgehead atoms. The smallest absolute Gasteiger partial charge is 0.227 e. The molecule has 3 aromatic heterocycles. The van der Waals surface area contributed by atoms with Gasteiger partial charge in [-0.3, -0.25) is 9.69 Å². The Morgan fingerprint density at radius 2 is 1.91 bits per heavy atom. The number of carbonyl (C=O) groups is 1. The van der Waals surface area contributed by atoms with Gasteiger partial charge in [0.2, 0.25) is 17.6 Å². The summed E-state index contributed by atoms with van der Waals surface area (Å²) in [5.74, 6) is 2.38. The molecule has 4 heterocycles. The molecule has 4 aromatic rings. The first-order chi connectivity index (χ1) is 15.7. The van der Waals surface area contributed by atoms with E-state index >= 15 is 0 Å². The van der Waals surface area contributed by atoms with Gasteiger partial charge in [0, 0.05) is 44.4 Å². The van der Waals surface area contributed by atoms with Gasteiger partial charge in [-0.25, -0.2) is 9.97 Å². The van der Waals surface area contributed by atoms with Crippen molar-refractivity contribution in [2.24, 2.45) is 0 Å². The van der Waals surface area contributed by atoms with E-state index in [4.69, 9.17) is 10.3 Å². The third kappa shape index (κ3) is 4.46. The molecule has 164 valence electrons. The summed E-state index contributed by atoms with van der Waals surface area (Å²) in [6.45, 7) is 3.50. The predicted octanol–water partition coefficient (Wildman–Crippen LogP) is 2.60. The van der Waals surface area contributed by atoms with Gasteiger partial charge in [0.15, 0.2) is 0 Å². The summed E-state index contributed by atoms with van der Waals surface area (Å²) < 4.78 is 5.29. The van der Waals surface area contributed by atoms with E-state index in [-0.39, 0.29) is 5.91 Å². The maximum absolute atomic E-state index is 12.6. The number of hydrogen-bond acceptors (Lipinski definition) is 9. The third-order valence-electron chi connectivity index (χ3n) is 5.53. The van der Waals surface area contributed by atoms with E-state index in [1.54, 1.807) is 11.3 Å². The molecular formula is C22H23N7O2S. The molecule has 0 radical (unpaired) electrons. The Hall–Kier alpha value is -3.37. The van der Waals surface area contributed by atoms with Crippen LogP contribution in [0.4, 0.5) is 5.82 Å². The number of aromatic nitrogens is 4. The molecule has 0 atom stereocenters. The summed E-state index contributed by atoms with van der Waals surface area (Å²) in [6.07, 6.45) is 0.804. The Bertz CT molecular complexity index is 1220. The normalized spacial score (nSPS) is 14.8. The highest BCUT2D eigenvalue weighted by Gasteiger charge is 2.22. The number of amides is 1. The first-order valence-corrected chi connectivity index (χ1v) is 11.4. The number of thiophene rings is 1. The van der Waals surface area contributed by atoms with E-state index in [2.05, 4.69) is 25.0 Å². The molecule has 0 unspecified atom stereocenters. The van der Waals surface area contributed by atoms with Gasteiger partial charge in [0.1, 0.15) is 11.6 Å². The lowest BCUT2D eigenvalue weighted by molar-refractivity contribution is -0.133. The zero-order valence-corrected chi connectivity index (χ0v) is 18.3. The zero-order chi connectivity index (χ0) is 21.9. The summed E-state index contributed by atoms with van der Waals surface area (Å²) in [5, 5.41) is 6.83. The molecule has 5 rings (SSSR count). The van der Waals surface area contributed by atoms with Crippen molar-refractivity contribution < 1.29 is 9.32 Å². The number of para-hydroxylation sites is 1. The van der Waals surface area contributed by atoms with Crippen molar-refractivity contribution in [3.63, 3.8) is 0 Å². The highest BCUT2D eigenvalue weighted by Crippen LogP contribution is 2.22. The number of nitrogens with zero attached hydrogens (tertiary/aromatic N) is 6. The van der Waals surface area contributed by atoms with E-state index < -0.39 is 0 Å². The lowest BCUT2D eigenvalue weighted by atomic mass is 10.2. The fourth-order valence-electron chi connectivity index (χ4n) is 3.81. The third-order valence-corrected chi connectivity index (χ3v) is 6.40. The predicted molar refractivity (Wildman–Crippen MR) is 122 cm³/mol. The first kappa shape index (κ1) is 20.5. The van der Waals surface area contributed by atoms with E-state index in [1.807, 2.05) is 46.7 Å². The number of nitrogens with two attached hydrogens (primary N) is 1. The number of hydrogen-bond donors (Lipinski definition) is 1. The molecule has 1 amide bonds. The fourth-order valence-corrected chi connectivity index (χ4v) is 4.46. The highest BCUT2D eigenvalue weighted by atomic mass is 32.1. The average molecular weight is 450 g/mol. The molecule has 0 aliphatic carbocycles.